The van der Waals surface area contributed by atoms with Gasteiger partial charge in [-0.05, 0) is 19.1 Å². The number of nitrogens with one attached hydrogen (secondary N) is 2. The number of benzene rings is 1. The summed E-state index contributed by atoms with van der Waals surface area (Å²) >= 11 is 0. The minimum absolute atomic E-state index is 0.0567. The highest BCUT2D eigenvalue weighted by atomic mass is 32.2. The van der Waals surface area contributed by atoms with Gasteiger partial charge in [-0.2, -0.15) is 4.31 Å². The molecule has 1 aromatic carbocycles. The highest BCUT2D eigenvalue weighted by Gasteiger charge is 2.26. The fraction of sp³-hybridized carbons (Fsp3) is 0.389. The lowest BCUT2D eigenvalue weighted by Gasteiger charge is -2.33. The Kier molecular flexibility index (Phi) is 6.72. The normalized spacial score (nSPS) is 15.8. The first-order chi connectivity index (χ1) is 13.9. The van der Waals surface area contributed by atoms with Crippen LogP contribution in [-0.4, -0.2) is 65.6 Å². The maximum Gasteiger partial charge on any atom is 0.324 e. The van der Waals surface area contributed by atoms with Crippen molar-refractivity contribution in [3.05, 3.63) is 48.2 Å². The Balaban J connectivity index is 1.60. The van der Waals surface area contributed by atoms with Crippen molar-refractivity contribution < 1.29 is 17.6 Å². The third kappa shape index (κ3) is 5.46. The summed E-state index contributed by atoms with van der Waals surface area (Å²) in [6, 6.07) is 5.70. The average Bonchev–Trinajstić information content (AvgIpc) is 2.72. The van der Waals surface area contributed by atoms with Gasteiger partial charge in [-0.25, -0.2) is 27.6 Å². The van der Waals surface area contributed by atoms with E-state index in [9.17, 15) is 17.6 Å². The van der Waals surface area contributed by atoms with Gasteiger partial charge in [-0.3, -0.25) is 10.2 Å². The van der Waals surface area contributed by atoms with E-state index in [1.807, 2.05) is 4.90 Å². The molecular weight excluding hydrogens is 399 g/mol. The topological polar surface area (TPSA) is 108 Å². The Morgan fingerprint density at radius 3 is 2.59 bits per heavy atom. The van der Waals surface area contributed by atoms with Crippen LogP contribution >= 0.6 is 0 Å². The Morgan fingerprint density at radius 1 is 1.17 bits per heavy atom. The highest BCUT2D eigenvalue weighted by Crippen LogP contribution is 2.21. The summed E-state index contributed by atoms with van der Waals surface area (Å²) in [7, 11) is -3.20. The van der Waals surface area contributed by atoms with Gasteiger partial charge in [0.15, 0.2) is 5.82 Å². The Hall–Kier alpha value is -2.63. The number of amides is 2. The van der Waals surface area contributed by atoms with Crippen LogP contribution in [-0.2, 0) is 16.6 Å². The molecule has 0 unspecified atom stereocenters. The van der Waals surface area contributed by atoms with Gasteiger partial charge < -0.3 is 5.32 Å². The van der Waals surface area contributed by atoms with E-state index in [-0.39, 0.29) is 11.4 Å². The first-order valence-electron chi connectivity index (χ1n) is 9.20. The quantitative estimate of drug-likeness (QED) is 0.734. The molecule has 0 saturated carbocycles. The summed E-state index contributed by atoms with van der Waals surface area (Å²) in [6.07, 6.45) is 2.78. The Bertz CT molecular complexity index is 949. The van der Waals surface area contributed by atoms with Crippen LogP contribution in [0.3, 0.4) is 0 Å². The van der Waals surface area contributed by atoms with Gasteiger partial charge in [0.25, 0.3) is 0 Å². The number of halogens is 1. The van der Waals surface area contributed by atoms with Crippen LogP contribution in [0.2, 0.25) is 0 Å². The van der Waals surface area contributed by atoms with Crippen molar-refractivity contribution >= 4 is 27.6 Å². The molecule has 9 nitrogen and oxygen atoms in total. The number of carbonyl (C=O) groups is 1. The lowest BCUT2D eigenvalue weighted by atomic mass is 10.1. The van der Waals surface area contributed by atoms with E-state index in [0.29, 0.717) is 44.1 Å². The lowest BCUT2D eigenvalue weighted by Crippen LogP contribution is -2.48. The monoisotopic (exact) mass is 422 g/mol. The van der Waals surface area contributed by atoms with Crippen molar-refractivity contribution in [1.29, 1.82) is 0 Å². The fourth-order valence-electron chi connectivity index (χ4n) is 3.02. The number of hydrogen-bond acceptors (Lipinski definition) is 6. The zero-order valence-electron chi connectivity index (χ0n) is 16.0. The van der Waals surface area contributed by atoms with Gasteiger partial charge in [0.05, 0.1) is 11.4 Å². The summed E-state index contributed by atoms with van der Waals surface area (Å²) in [5, 5.41) is 4.98. The van der Waals surface area contributed by atoms with Gasteiger partial charge in [-0.15, -0.1) is 0 Å². The predicted molar refractivity (Wildman–Crippen MR) is 107 cm³/mol. The van der Waals surface area contributed by atoms with Gasteiger partial charge in [0.1, 0.15) is 12.1 Å². The summed E-state index contributed by atoms with van der Waals surface area (Å²) in [6.45, 7) is 3.76. The molecule has 156 valence electrons. The third-order valence-electron chi connectivity index (χ3n) is 4.63. The van der Waals surface area contributed by atoms with E-state index in [4.69, 9.17) is 0 Å². The second-order valence-corrected chi connectivity index (χ2v) is 8.79. The fourth-order valence-corrected chi connectivity index (χ4v) is 4.11. The maximum absolute atomic E-state index is 14.8. The molecule has 0 bridgehead atoms. The van der Waals surface area contributed by atoms with E-state index < -0.39 is 21.9 Å². The van der Waals surface area contributed by atoms with Gasteiger partial charge in [0.2, 0.25) is 10.0 Å². The van der Waals surface area contributed by atoms with Gasteiger partial charge >= 0.3 is 6.03 Å². The predicted octanol–water partition coefficient (Wildman–Crippen LogP) is 1.73. The summed E-state index contributed by atoms with van der Waals surface area (Å²) in [4.78, 5) is 21.7. The standard InChI is InChI=1S/C18H23FN6O3S/c1-2-29(27,28)25-10-8-24(9-11-25)12-14-4-3-5-15(17(14)19)22-18(26)23-16-6-7-20-13-21-16/h3-7,13H,2,8-12H2,1H3,(H2,20,21,22,23,26). The van der Waals surface area contributed by atoms with Crippen LogP contribution in [0.15, 0.2) is 36.8 Å². The molecule has 0 atom stereocenters. The van der Waals surface area contributed by atoms with Crippen molar-refractivity contribution in [3.63, 3.8) is 0 Å². The summed E-state index contributed by atoms with van der Waals surface area (Å²) in [5.41, 5.74) is 0.484. The summed E-state index contributed by atoms with van der Waals surface area (Å²) < 4.78 is 40.2. The third-order valence-corrected chi connectivity index (χ3v) is 6.52. The van der Waals surface area contributed by atoms with Gasteiger partial charge in [-0.1, -0.05) is 12.1 Å². The van der Waals surface area contributed by atoms with Crippen LogP contribution in [0.1, 0.15) is 12.5 Å². The largest absolute Gasteiger partial charge is 0.324 e. The molecule has 1 fully saturated rings. The molecule has 0 spiro atoms. The molecular formula is C18H23FN6O3S. The van der Waals surface area contributed by atoms with Crippen molar-refractivity contribution in [2.75, 3.05) is 42.6 Å². The van der Waals surface area contributed by atoms with Crippen molar-refractivity contribution in [1.82, 2.24) is 19.2 Å². The lowest BCUT2D eigenvalue weighted by molar-refractivity contribution is 0.180. The molecule has 0 aliphatic carbocycles. The molecule has 1 saturated heterocycles. The van der Waals surface area contributed by atoms with Crippen LogP contribution < -0.4 is 10.6 Å². The van der Waals surface area contributed by atoms with Crippen LogP contribution in [0.5, 0.6) is 0 Å². The first kappa shape index (κ1) is 21.1. The van der Waals surface area contributed by atoms with Crippen LogP contribution in [0.25, 0.3) is 0 Å². The number of nitrogens with zero attached hydrogens (tertiary/aromatic N) is 4. The molecule has 2 heterocycles. The van der Waals surface area contributed by atoms with E-state index in [1.54, 1.807) is 19.1 Å². The van der Waals surface area contributed by atoms with Crippen molar-refractivity contribution in [3.8, 4) is 0 Å². The second-order valence-electron chi connectivity index (χ2n) is 6.53. The van der Waals surface area contributed by atoms with Crippen LogP contribution in [0, 0.1) is 5.82 Å². The highest BCUT2D eigenvalue weighted by molar-refractivity contribution is 7.89. The zero-order valence-corrected chi connectivity index (χ0v) is 16.8. The Morgan fingerprint density at radius 2 is 1.93 bits per heavy atom. The van der Waals surface area contributed by atoms with E-state index in [0.717, 1.165) is 0 Å². The zero-order chi connectivity index (χ0) is 20.9. The molecule has 29 heavy (non-hydrogen) atoms. The van der Waals surface area contributed by atoms with E-state index in [2.05, 4.69) is 20.6 Å². The van der Waals surface area contributed by atoms with E-state index >= 15 is 0 Å². The molecule has 1 aliphatic rings. The number of carbonyl (C=O) groups excluding carboxylic acids is 1. The second kappa shape index (κ2) is 9.25. The molecule has 1 aromatic heterocycles. The smallest absolute Gasteiger partial charge is 0.305 e. The first-order valence-corrected chi connectivity index (χ1v) is 10.8. The number of rotatable bonds is 6. The number of hydrogen-bond donors (Lipinski definition) is 2. The summed E-state index contributed by atoms with van der Waals surface area (Å²) in [5.74, 6) is -0.144. The molecule has 2 N–H and O–H groups in total. The van der Waals surface area contributed by atoms with Crippen molar-refractivity contribution in [2.24, 2.45) is 0 Å². The molecule has 1 aliphatic heterocycles. The minimum atomic E-state index is -3.20. The minimum Gasteiger partial charge on any atom is -0.305 e. The Labute approximate surface area is 169 Å². The number of anilines is 2. The van der Waals surface area contributed by atoms with E-state index in [1.165, 1.54) is 29.0 Å². The average molecular weight is 422 g/mol. The molecule has 3 rings (SSSR count). The molecule has 2 aromatic rings. The van der Waals surface area contributed by atoms with Crippen molar-refractivity contribution in [2.45, 2.75) is 13.5 Å². The maximum atomic E-state index is 14.8. The molecule has 0 radical (unpaired) electrons. The molecule has 2 amide bonds. The van der Waals surface area contributed by atoms with Crippen LogP contribution in [0.4, 0.5) is 20.7 Å². The number of sulfonamides is 1. The number of urea groups is 1. The SMILES string of the molecule is CCS(=O)(=O)N1CCN(Cc2cccc(NC(=O)Nc3ccncn3)c2F)CC1. The van der Waals surface area contributed by atoms with Gasteiger partial charge in [0, 0.05) is 44.5 Å². The molecule has 11 heteroatoms. The number of aromatic nitrogens is 2. The number of piperazine rings is 1.